The predicted molar refractivity (Wildman–Crippen MR) is 72.4 cm³/mol. The molecule has 1 fully saturated rings. The van der Waals surface area contributed by atoms with Gasteiger partial charge in [-0.3, -0.25) is 4.79 Å². The second kappa shape index (κ2) is 6.41. The summed E-state index contributed by atoms with van der Waals surface area (Å²) in [5.74, 6) is -0.573. The molecule has 0 radical (unpaired) electrons. The maximum Gasteiger partial charge on any atom is 0.167 e. The molecule has 2 rings (SSSR count). The van der Waals surface area contributed by atoms with Crippen LogP contribution in [0.5, 0.6) is 0 Å². The number of hydrogen-bond acceptors (Lipinski definition) is 3. The molecule has 0 spiro atoms. The lowest BCUT2D eigenvalue weighted by Crippen LogP contribution is -2.44. The zero-order valence-corrected chi connectivity index (χ0v) is 11.7. The minimum Gasteiger partial charge on any atom is -0.314 e. The Kier molecular flexibility index (Phi) is 4.86. The van der Waals surface area contributed by atoms with Gasteiger partial charge < -0.3 is 10.2 Å². The molecule has 3 nitrogen and oxygen atoms in total. The topological polar surface area (TPSA) is 32.3 Å². The van der Waals surface area contributed by atoms with E-state index >= 15 is 0 Å². The fourth-order valence-corrected chi connectivity index (χ4v) is 2.40. The monoisotopic (exact) mass is 314 g/mol. The minimum atomic E-state index is -0.441. The molecule has 1 aromatic carbocycles. The molecule has 5 heteroatoms. The fraction of sp³-hybridized carbons (Fsp3) is 0.462. The van der Waals surface area contributed by atoms with E-state index in [0.717, 1.165) is 30.7 Å². The number of Topliss-reactive ketones (excluding diaryl/α,β-unsaturated/α-hetero) is 1. The van der Waals surface area contributed by atoms with Crippen molar-refractivity contribution in [3.8, 4) is 0 Å². The second-order valence-corrected chi connectivity index (χ2v) is 5.30. The van der Waals surface area contributed by atoms with Crippen LogP contribution in [0.25, 0.3) is 0 Å². The molecule has 1 aliphatic rings. The fourth-order valence-electron chi connectivity index (χ4n) is 2.04. The van der Waals surface area contributed by atoms with E-state index in [1.54, 1.807) is 12.1 Å². The third-order valence-electron chi connectivity index (χ3n) is 3.09. The summed E-state index contributed by atoms with van der Waals surface area (Å²) in [6.45, 7) is 4.52. The summed E-state index contributed by atoms with van der Waals surface area (Å²) in [6, 6.07) is 4.47. The van der Waals surface area contributed by atoms with Crippen molar-refractivity contribution in [2.24, 2.45) is 0 Å². The van der Waals surface area contributed by atoms with E-state index in [0.29, 0.717) is 13.0 Å². The van der Waals surface area contributed by atoms with Crippen LogP contribution in [0.3, 0.4) is 0 Å². The van der Waals surface area contributed by atoms with Crippen molar-refractivity contribution < 1.29 is 9.18 Å². The van der Waals surface area contributed by atoms with Gasteiger partial charge in [0.2, 0.25) is 0 Å². The molecule has 0 unspecified atom stereocenters. The first-order valence-electron chi connectivity index (χ1n) is 6.08. The van der Waals surface area contributed by atoms with E-state index in [1.807, 2.05) is 0 Å². The Morgan fingerprint density at radius 1 is 1.39 bits per heavy atom. The summed E-state index contributed by atoms with van der Waals surface area (Å²) in [7, 11) is 0. The highest BCUT2D eigenvalue weighted by atomic mass is 79.9. The molecule has 18 heavy (non-hydrogen) atoms. The molecule has 1 aromatic rings. The van der Waals surface area contributed by atoms with Crippen LogP contribution in [0.15, 0.2) is 22.7 Å². The van der Waals surface area contributed by atoms with Gasteiger partial charge in [0.05, 0.1) is 5.56 Å². The summed E-state index contributed by atoms with van der Waals surface area (Å²) in [5, 5.41) is 3.26. The molecule has 1 N–H and O–H groups in total. The Morgan fingerprint density at radius 2 is 2.11 bits per heavy atom. The Morgan fingerprint density at radius 3 is 2.83 bits per heavy atom. The predicted octanol–water partition coefficient (Wildman–Crippen LogP) is 2.07. The summed E-state index contributed by atoms with van der Waals surface area (Å²) < 4.78 is 14.3. The van der Waals surface area contributed by atoms with Crippen molar-refractivity contribution >= 4 is 21.7 Å². The zero-order valence-electron chi connectivity index (χ0n) is 10.1. The van der Waals surface area contributed by atoms with E-state index in [-0.39, 0.29) is 11.3 Å². The first-order valence-corrected chi connectivity index (χ1v) is 6.87. The van der Waals surface area contributed by atoms with E-state index < -0.39 is 5.82 Å². The average molecular weight is 315 g/mol. The summed E-state index contributed by atoms with van der Waals surface area (Å²) >= 11 is 3.25. The number of nitrogens with one attached hydrogen (secondary N) is 1. The van der Waals surface area contributed by atoms with Crippen LogP contribution in [0.2, 0.25) is 0 Å². The Hall–Kier alpha value is -0.780. The summed E-state index contributed by atoms with van der Waals surface area (Å²) in [5.41, 5.74) is 0.180. The lowest BCUT2D eigenvalue weighted by Gasteiger charge is -2.26. The number of nitrogens with zero attached hydrogens (tertiary/aromatic N) is 1. The highest BCUT2D eigenvalue weighted by molar-refractivity contribution is 9.10. The van der Waals surface area contributed by atoms with E-state index in [9.17, 15) is 9.18 Å². The number of halogens is 2. The number of carbonyl (C=O) groups is 1. The molecular formula is C13H16BrFN2O. The van der Waals surface area contributed by atoms with Gasteiger partial charge in [-0.15, -0.1) is 0 Å². The number of benzene rings is 1. The third-order valence-corrected chi connectivity index (χ3v) is 3.59. The molecule has 0 saturated carbocycles. The zero-order chi connectivity index (χ0) is 13.0. The van der Waals surface area contributed by atoms with Gasteiger partial charge in [-0.25, -0.2) is 4.39 Å². The first-order chi connectivity index (χ1) is 8.66. The molecule has 98 valence electrons. The van der Waals surface area contributed by atoms with Gasteiger partial charge in [-0.05, 0) is 18.2 Å². The number of rotatable bonds is 4. The highest BCUT2D eigenvalue weighted by Gasteiger charge is 2.15. The lowest BCUT2D eigenvalue weighted by molar-refractivity contribution is 0.0956. The van der Waals surface area contributed by atoms with Crippen LogP contribution in [0.1, 0.15) is 16.8 Å². The highest BCUT2D eigenvalue weighted by Crippen LogP contribution is 2.17. The van der Waals surface area contributed by atoms with Gasteiger partial charge in [0.1, 0.15) is 5.82 Å². The van der Waals surface area contributed by atoms with E-state index in [1.165, 1.54) is 6.07 Å². The number of carbonyl (C=O) groups excluding carboxylic acids is 1. The van der Waals surface area contributed by atoms with Crippen LogP contribution < -0.4 is 5.32 Å². The van der Waals surface area contributed by atoms with Crippen molar-refractivity contribution in [3.63, 3.8) is 0 Å². The van der Waals surface area contributed by atoms with Crippen molar-refractivity contribution in [2.45, 2.75) is 6.42 Å². The molecular weight excluding hydrogens is 299 g/mol. The number of ketones is 1. The van der Waals surface area contributed by atoms with Crippen molar-refractivity contribution in [2.75, 3.05) is 32.7 Å². The molecule has 1 saturated heterocycles. The largest absolute Gasteiger partial charge is 0.314 e. The maximum absolute atomic E-state index is 13.5. The van der Waals surface area contributed by atoms with Gasteiger partial charge in [-0.2, -0.15) is 0 Å². The second-order valence-electron chi connectivity index (χ2n) is 4.39. The molecule has 0 aliphatic carbocycles. The SMILES string of the molecule is O=C(CCN1CCNCC1)c1cc(Br)ccc1F. The minimum absolute atomic E-state index is 0.132. The molecule has 0 amide bonds. The summed E-state index contributed by atoms with van der Waals surface area (Å²) in [4.78, 5) is 14.2. The van der Waals surface area contributed by atoms with Gasteiger partial charge in [0.25, 0.3) is 0 Å². The van der Waals surface area contributed by atoms with Crippen LogP contribution in [0, 0.1) is 5.82 Å². The normalized spacial score (nSPS) is 16.8. The van der Waals surface area contributed by atoms with Crippen LogP contribution in [-0.2, 0) is 0 Å². The van der Waals surface area contributed by atoms with Crippen LogP contribution in [0.4, 0.5) is 4.39 Å². The van der Waals surface area contributed by atoms with Crippen LogP contribution >= 0.6 is 15.9 Å². The van der Waals surface area contributed by atoms with Gasteiger partial charge in [0, 0.05) is 43.6 Å². The van der Waals surface area contributed by atoms with Crippen molar-refractivity contribution in [3.05, 3.63) is 34.1 Å². The Bertz CT molecular complexity index is 433. The van der Waals surface area contributed by atoms with Crippen LogP contribution in [-0.4, -0.2) is 43.4 Å². The Labute approximate surface area is 114 Å². The first kappa shape index (κ1) is 13.6. The lowest BCUT2D eigenvalue weighted by atomic mass is 10.1. The van der Waals surface area contributed by atoms with Gasteiger partial charge in [-0.1, -0.05) is 15.9 Å². The molecule has 0 bridgehead atoms. The molecule has 1 heterocycles. The molecule has 0 atom stereocenters. The van der Waals surface area contributed by atoms with E-state index in [2.05, 4.69) is 26.1 Å². The number of piperazine rings is 1. The third kappa shape index (κ3) is 3.60. The molecule has 0 aromatic heterocycles. The summed E-state index contributed by atoms with van der Waals surface area (Å²) in [6.07, 6.45) is 0.368. The maximum atomic E-state index is 13.5. The molecule has 1 aliphatic heterocycles. The quantitative estimate of drug-likeness (QED) is 0.864. The standard InChI is InChI=1S/C13H16BrFN2O/c14-10-1-2-12(15)11(9-10)13(18)3-6-17-7-4-16-5-8-17/h1-2,9,16H,3-8H2. The number of hydrogen-bond donors (Lipinski definition) is 1. The van der Waals surface area contributed by atoms with Gasteiger partial charge >= 0.3 is 0 Å². The average Bonchev–Trinajstić information content (AvgIpc) is 2.40. The Balaban J connectivity index is 1.92. The van der Waals surface area contributed by atoms with Gasteiger partial charge in [0.15, 0.2) is 5.78 Å². The van der Waals surface area contributed by atoms with Crippen molar-refractivity contribution in [1.82, 2.24) is 10.2 Å². The van der Waals surface area contributed by atoms with E-state index in [4.69, 9.17) is 0 Å². The smallest absolute Gasteiger partial charge is 0.167 e. The van der Waals surface area contributed by atoms with Crippen molar-refractivity contribution in [1.29, 1.82) is 0 Å².